The van der Waals surface area contributed by atoms with Crippen molar-refractivity contribution in [3.63, 3.8) is 0 Å². The highest BCUT2D eigenvalue weighted by atomic mass is 79.9. The Morgan fingerprint density at radius 2 is 2.21 bits per heavy atom. The molecule has 0 aromatic carbocycles. The zero-order valence-corrected chi connectivity index (χ0v) is 16.8. The summed E-state index contributed by atoms with van der Waals surface area (Å²) in [6, 6.07) is 3.71. The average Bonchev–Trinajstić information content (AvgIpc) is 3.22. The number of nitrogens with one attached hydrogen (secondary N) is 1. The number of halogens is 1. The predicted molar refractivity (Wildman–Crippen MR) is 103 cm³/mol. The minimum Gasteiger partial charge on any atom is -0.377 e. The maximum Gasteiger partial charge on any atom is 0.252 e. The van der Waals surface area contributed by atoms with E-state index in [1.54, 1.807) is 22.7 Å². The van der Waals surface area contributed by atoms with Gasteiger partial charge in [0.1, 0.15) is 5.41 Å². The lowest BCUT2D eigenvalue weighted by atomic mass is 10.1. The molecule has 3 heterocycles. The molecule has 9 nitrogen and oxygen atoms in total. The summed E-state index contributed by atoms with van der Waals surface area (Å²) < 4.78 is 8.01. The van der Waals surface area contributed by atoms with Crippen molar-refractivity contribution in [2.24, 2.45) is 11.1 Å². The summed E-state index contributed by atoms with van der Waals surface area (Å²) in [4.78, 5) is 26.3. The number of carbonyl (C=O) groups is 2. The second kappa shape index (κ2) is 6.76. The molecule has 1 saturated carbocycles. The molecule has 2 aromatic heterocycles. The highest BCUT2D eigenvalue weighted by molar-refractivity contribution is 9.10. The van der Waals surface area contributed by atoms with Gasteiger partial charge >= 0.3 is 0 Å². The molecular weight excluding hydrogens is 428 g/mol. The first-order chi connectivity index (χ1) is 13.4. The molecule has 3 N–H and O–H groups in total. The Morgan fingerprint density at radius 3 is 2.82 bits per heavy atom. The number of nitrogens with zero attached hydrogens (tertiary/aromatic N) is 4. The molecule has 146 valence electrons. The SMILES string of the molecule is CO[C@@H]1CN(C(=O)C2(C#N)CC2)C[C@@H]1Nc1c(C(N)=O)cnn2cc(Br)cc12. The largest absolute Gasteiger partial charge is 0.377 e. The van der Waals surface area contributed by atoms with Gasteiger partial charge in [-0.05, 0) is 34.8 Å². The van der Waals surface area contributed by atoms with E-state index in [4.69, 9.17) is 10.5 Å². The van der Waals surface area contributed by atoms with Crippen molar-refractivity contribution in [1.29, 1.82) is 5.26 Å². The summed E-state index contributed by atoms with van der Waals surface area (Å²) in [5.74, 6) is -0.752. The van der Waals surface area contributed by atoms with Crippen LogP contribution in [0.2, 0.25) is 0 Å². The Morgan fingerprint density at radius 1 is 1.46 bits per heavy atom. The molecule has 0 bridgehead atoms. The summed E-state index contributed by atoms with van der Waals surface area (Å²) in [6.45, 7) is 0.754. The van der Waals surface area contributed by atoms with Crippen LogP contribution >= 0.6 is 15.9 Å². The van der Waals surface area contributed by atoms with E-state index in [1.165, 1.54) is 6.20 Å². The van der Waals surface area contributed by atoms with Gasteiger partial charge in [0.2, 0.25) is 5.91 Å². The summed E-state index contributed by atoms with van der Waals surface area (Å²) in [7, 11) is 1.58. The molecule has 28 heavy (non-hydrogen) atoms. The Bertz CT molecular complexity index is 1010. The van der Waals surface area contributed by atoms with E-state index in [-0.39, 0.29) is 23.6 Å². The summed E-state index contributed by atoms with van der Waals surface area (Å²) in [6.07, 6.45) is 4.10. The van der Waals surface area contributed by atoms with Crippen LogP contribution in [0.5, 0.6) is 0 Å². The monoisotopic (exact) mass is 446 g/mol. The van der Waals surface area contributed by atoms with Gasteiger partial charge in [-0.2, -0.15) is 10.4 Å². The van der Waals surface area contributed by atoms with Crippen LogP contribution in [-0.2, 0) is 9.53 Å². The van der Waals surface area contributed by atoms with Crippen molar-refractivity contribution in [3.05, 3.63) is 28.5 Å². The number of ether oxygens (including phenoxy) is 1. The van der Waals surface area contributed by atoms with Crippen LogP contribution in [0.25, 0.3) is 5.52 Å². The number of likely N-dealkylation sites (tertiary alicyclic amines) is 1. The fourth-order valence-corrected chi connectivity index (χ4v) is 4.08. The van der Waals surface area contributed by atoms with Crippen molar-refractivity contribution in [1.82, 2.24) is 14.5 Å². The third-order valence-corrected chi connectivity index (χ3v) is 5.86. The number of nitriles is 1. The number of aromatic nitrogens is 2. The van der Waals surface area contributed by atoms with Gasteiger partial charge in [0.25, 0.3) is 5.91 Å². The van der Waals surface area contributed by atoms with Gasteiger partial charge in [-0.25, -0.2) is 4.52 Å². The molecule has 10 heteroatoms. The summed E-state index contributed by atoms with van der Waals surface area (Å²) >= 11 is 3.41. The number of anilines is 1. The van der Waals surface area contributed by atoms with E-state index in [0.29, 0.717) is 37.1 Å². The number of fused-ring (bicyclic) bond motifs is 1. The fourth-order valence-electron chi connectivity index (χ4n) is 3.67. The van der Waals surface area contributed by atoms with E-state index in [1.807, 2.05) is 6.07 Å². The number of primary amides is 1. The zero-order chi connectivity index (χ0) is 20.1. The molecule has 2 aliphatic rings. The van der Waals surface area contributed by atoms with Crippen LogP contribution in [0, 0.1) is 16.7 Å². The maximum atomic E-state index is 12.7. The zero-order valence-electron chi connectivity index (χ0n) is 15.2. The first-order valence-corrected chi connectivity index (χ1v) is 9.64. The molecule has 0 spiro atoms. The third kappa shape index (κ3) is 3.00. The molecule has 1 aliphatic carbocycles. The Balaban J connectivity index is 1.65. The molecule has 0 unspecified atom stereocenters. The van der Waals surface area contributed by atoms with Gasteiger partial charge in [-0.1, -0.05) is 0 Å². The van der Waals surface area contributed by atoms with Gasteiger partial charge in [0, 0.05) is 30.9 Å². The number of hydrogen-bond donors (Lipinski definition) is 2. The first kappa shape index (κ1) is 18.7. The molecule has 2 fully saturated rings. The van der Waals surface area contributed by atoms with Crippen molar-refractivity contribution in [3.8, 4) is 6.07 Å². The number of carbonyl (C=O) groups excluding carboxylic acids is 2. The van der Waals surface area contributed by atoms with Crippen LogP contribution in [-0.4, -0.2) is 58.7 Å². The van der Waals surface area contributed by atoms with Gasteiger partial charge < -0.3 is 20.7 Å². The minimum atomic E-state index is -0.873. The molecule has 2 aromatic rings. The van der Waals surface area contributed by atoms with Crippen LogP contribution in [0.15, 0.2) is 22.9 Å². The van der Waals surface area contributed by atoms with E-state index >= 15 is 0 Å². The number of nitrogens with two attached hydrogens (primary N) is 1. The van der Waals surface area contributed by atoms with E-state index in [9.17, 15) is 14.9 Å². The second-order valence-corrected chi connectivity index (χ2v) is 8.13. The van der Waals surface area contributed by atoms with Crippen LogP contribution in [0.4, 0.5) is 5.69 Å². The van der Waals surface area contributed by atoms with Crippen molar-refractivity contribution in [2.45, 2.75) is 25.0 Å². The van der Waals surface area contributed by atoms with Crippen molar-refractivity contribution >= 4 is 38.9 Å². The molecule has 0 radical (unpaired) electrons. The van der Waals surface area contributed by atoms with Gasteiger partial charge in [-0.15, -0.1) is 0 Å². The van der Waals surface area contributed by atoms with E-state index in [0.717, 1.165) is 4.47 Å². The summed E-state index contributed by atoms with van der Waals surface area (Å²) in [5, 5.41) is 16.9. The Hall–Kier alpha value is -2.64. The van der Waals surface area contributed by atoms with Crippen molar-refractivity contribution in [2.75, 3.05) is 25.5 Å². The fraction of sp³-hybridized carbons (Fsp3) is 0.444. The maximum absolute atomic E-state index is 12.7. The van der Waals surface area contributed by atoms with Gasteiger partial charge in [0.15, 0.2) is 0 Å². The van der Waals surface area contributed by atoms with E-state index in [2.05, 4.69) is 32.4 Å². The van der Waals surface area contributed by atoms with Crippen LogP contribution < -0.4 is 11.1 Å². The molecule has 2 amide bonds. The lowest BCUT2D eigenvalue weighted by Gasteiger charge is -2.21. The Kier molecular flexibility index (Phi) is 4.51. The number of hydrogen-bond acceptors (Lipinski definition) is 6. The number of rotatable bonds is 5. The highest BCUT2D eigenvalue weighted by Crippen LogP contribution is 2.47. The van der Waals surface area contributed by atoms with Crippen molar-refractivity contribution < 1.29 is 14.3 Å². The topological polar surface area (TPSA) is 126 Å². The lowest BCUT2D eigenvalue weighted by molar-refractivity contribution is -0.134. The predicted octanol–water partition coefficient (Wildman–Crippen LogP) is 1.14. The highest BCUT2D eigenvalue weighted by Gasteiger charge is 2.54. The minimum absolute atomic E-state index is 0.151. The third-order valence-electron chi connectivity index (χ3n) is 5.43. The number of methoxy groups -OCH3 is 1. The second-order valence-electron chi connectivity index (χ2n) is 7.21. The summed E-state index contributed by atoms with van der Waals surface area (Å²) in [5.41, 5.74) is 6.14. The quantitative estimate of drug-likeness (QED) is 0.708. The van der Waals surface area contributed by atoms with Crippen LogP contribution in [0.3, 0.4) is 0 Å². The standard InChI is InChI=1S/C18H19BrN6O3/c1-28-14-8-24(17(27)18(9-20)2-3-18)7-12(14)23-15-11(16(21)26)5-22-25-6-10(19)4-13(15)25/h4-6,12,14,23H,2-3,7-8H2,1H3,(H2,21,26)/t12-,14+/m0/s1. The van der Waals surface area contributed by atoms with E-state index < -0.39 is 11.3 Å². The molecular formula is C18H19BrN6O3. The lowest BCUT2D eigenvalue weighted by Crippen LogP contribution is -2.37. The molecule has 1 saturated heterocycles. The average molecular weight is 447 g/mol. The number of amides is 2. The molecule has 1 aliphatic heterocycles. The molecule has 4 rings (SSSR count). The first-order valence-electron chi connectivity index (χ1n) is 8.85. The molecule has 2 atom stereocenters. The normalized spacial score (nSPS) is 22.8. The Labute approximate surface area is 169 Å². The van der Waals surface area contributed by atoms with Gasteiger partial charge in [-0.3, -0.25) is 9.59 Å². The van der Waals surface area contributed by atoms with Gasteiger partial charge in [0.05, 0.1) is 41.2 Å². The smallest absolute Gasteiger partial charge is 0.252 e. The van der Waals surface area contributed by atoms with Crippen LogP contribution in [0.1, 0.15) is 23.2 Å².